The van der Waals surface area contributed by atoms with Crippen molar-refractivity contribution in [3.8, 4) is 0 Å². The summed E-state index contributed by atoms with van der Waals surface area (Å²) in [5.74, 6) is -0.0661. The van der Waals surface area contributed by atoms with Crippen molar-refractivity contribution in [2.75, 3.05) is 39.3 Å². The van der Waals surface area contributed by atoms with E-state index in [0.717, 1.165) is 39.0 Å². The van der Waals surface area contributed by atoms with Crippen LogP contribution in [0.4, 0.5) is 0 Å². The summed E-state index contributed by atoms with van der Waals surface area (Å²) in [5.41, 5.74) is 0. The largest absolute Gasteiger partial charge is 0.465 e. The predicted molar refractivity (Wildman–Crippen MR) is 73.6 cm³/mol. The van der Waals surface area contributed by atoms with Crippen molar-refractivity contribution >= 4 is 5.97 Å². The molecule has 0 bridgehead atoms. The van der Waals surface area contributed by atoms with E-state index < -0.39 is 0 Å². The molecule has 0 radical (unpaired) electrons. The van der Waals surface area contributed by atoms with Crippen molar-refractivity contribution in [2.24, 2.45) is 0 Å². The maximum Gasteiger partial charge on any atom is 0.320 e. The van der Waals surface area contributed by atoms with E-state index in [1.165, 1.54) is 6.42 Å². The Labute approximate surface area is 111 Å². The van der Waals surface area contributed by atoms with Gasteiger partial charge in [-0.25, -0.2) is 0 Å². The summed E-state index contributed by atoms with van der Waals surface area (Å²) in [6, 6.07) is 0.614. The molecular formula is C14H28N2O2. The molecule has 1 aliphatic rings. The number of rotatable bonds is 8. The highest BCUT2D eigenvalue weighted by Crippen LogP contribution is 2.15. The molecule has 1 fully saturated rings. The van der Waals surface area contributed by atoms with Crippen LogP contribution in [0.3, 0.4) is 0 Å². The average Bonchev–Trinajstić information content (AvgIpc) is 2.79. The molecule has 106 valence electrons. The topological polar surface area (TPSA) is 32.8 Å². The van der Waals surface area contributed by atoms with Crippen LogP contribution in [0.5, 0.6) is 0 Å². The molecular weight excluding hydrogens is 228 g/mol. The lowest BCUT2D eigenvalue weighted by Crippen LogP contribution is -2.38. The Balaban J connectivity index is 2.23. The van der Waals surface area contributed by atoms with E-state index >= 15 is 0 Å². The van der Waals surface area contributed by atoms with Crippen molar-refractivity contribution < 1.29 is 9.53 Å². The lowest BCUT2D eigenvalue weighted by atomic mass is 10.2. The fourth-order valence-electron chi connectivity index (χ4n) is 2.55. The number of carbonyl (C=O) groups excluding carboxylic acids is 1. The quantitative estimate of drug-likeness (QED) is 0.489. The molecule has 1 heterocycles. The van der Waals surface area contributed by atoms with Gasteiger partial charge in [0.05, 0.1) is 13.2 Å². The number of esters is 1. The maximum absolute atomic E-state index is 11.6. The predicted octanol–water partition coefficient (Wildman–Crippen LogP) is 1.75. The van der Waals surface area contributed by atoms with Gasteiger partial charge in [0.2, 0.25) is 0 Å². The van der Waals surface area contributed by atoms with E-state index in [9.17, 15) is 4.79 Å². The summed E-state index contributed by atoms with van der Waals surface area (Å²) in [5, 5.41) is 0. The second kappa shape index (κ2) is 8.48. The molecule has 1 aliphatic heterocycles. The minimum Gasteiger partial charge on any atom is -0.465 e. The van der Waals surface area contributed by atoms with Crippen molar-refractivity contribution in [2.45, 2.75) is 46.1 Å². The minimum atomic E-state index is -0.0661. The Morgan fingerprint density at radius 1 is 1.33 bits per heavy atom. The van der Waals surface area contributed by atoms with Crippen LogP contribution in [-0.4, -0.2) is 61.1 Å². The lowest BCUT2D eigenvalue weighted by molar-refractivity contribution is -0.144. The molecule has 0 amide bonds. The van der Waals surface area contributed by atoms with Crippen LogP contribution >= 0.6 is 0 Å². The number of likely N-dealkylation sites (N-methyl/N-ethyl adjacent to an activating group) is 1. The molecule has 0 spiro atoms. The molecule has 0 aromatic heterocycles. The van der Waals surface area contributed by atoms with Gasteiger partial charge in [-0.05, 0) is 25.9 Å². The molecule has 0 N–H and O–H groups in total. The van der Waals surface area contributed by atoms with E-state index in [2.05, 4.69) is 30.6 Å². The number of unbranched alkanes of at least 4 members (excludes halogenated alkanes) is 1. The third-order valence-electron chi connectivity index (χ3n) is 3.69. The molecule has 4 heteroatoms. The smallest absolute Gasteiger partial charge is 0.320 e. The monoisotopic (exact) mass is 256 g/mol. The van der Waals surface area contributed by atoms with Crippen molar-refractivity contribution in [1.29, 1.82) is 0 Å². The van der Waals surface area contributed by atoms with Crippen LogP contribution in [0.2, 0.25) is 0 Å². The number of likely N-dealkylation sites (tertiary alicyclic amines) is 1. The van der Waals surface area contributed by atoms with Crippen LogP contribution in [0, 0.1) is 0 Å². The van der Waals surface area contributed by atoms with Gasteiger partial charge in [0.15, 0.2) is 0 Å². The Morgan fingerprint density at radius 3 is 2.67 bits per heavy atom. The van der Waals surface area contributed by atoms with Crippen LogP contribution in [0.15, 0.2) is 0 Å². The van der Waals surface area contributed by atoms with Crippen molar-refractivity contribution in [3.63, 3.8) is 0 Å². The van der Waals surface area contributed by atoms with Gasteiger partial charge in [0.25, 0.3) is 0 Å². The highest BCUT2D eigenvalue weighted by Gasteiger charge is 2.27. The first-order chi connectivity index (χ1) is 8.71. The molecule has 1 rings (SSSR count). The number of nitrogens with zero attached hydrogens (tertiary/aromatic N) is 2. The fourth-order valence-corrected chi connectivity index (χ4v) is 2.55. The average molecular weight is 256 g/mol. The van der Waals surface area contributed by atoms with Gasteiger partial charge < -0.3 is 4.74 Å². The number of ether oxygens (including phenoxy) is 1. The van der Waals surface area contributed by atoms with Crippen molar-refractivity contribution in [1.82, 2.24) is 9.80 Å². The molecule has 1 unspecified atom stereocenters. The molecule has 18 heavy (non-hydrogen) atoms. The molecule has 4 nitrogen and oxygen atoms in total. The summed E-state index contributed by atoms with van der Waals surface area (Å²) in [6.07, 6.45) is 3.21. The van der Waals surface area contributed by atoms with E-state index in [4.69, 9.17) is 4.74 Å². The summed E-state index contributed by atoms with van der Waals surface area (Å²) in [7, 11) is 0. The zero-order valence-electron chi connectivity index (χ0n) is 12.2. The summed E-state index contributed by atoms with van der Waals surface area (Å²) in [6.45, 7) is 11.7. The van der Waals surface area contributed by atoms with E-state index in [-0.39, 0.29) is 5.97 Å². The van der Waals surface area contributed by atoms with Gasteiger partial charge in [-0.15, -0.1) is 0 Å². The molecule has 1 saturated heterocycles. The first-order valence-corrected chi connectivity index (χ1v) is 7.33. The second-order valence-corrected chi connectivity index (χ2v) is 4.97. The summed E-state index contributed by atoms with van der Waals surface area (Å²) in [4.78, 5) is 16.3. The Kier molecular flexibility index (Phi) is 7.28. The van der Waals surface area contributed by atoms with Gasteiger partial charge in [0, 0.05) is 19.1 Å². The van der Waals surface area contributed by atoms with E-state index in [1.54, 1.807) is 0 Å². The number of carbonyl (C=O) groups is 1. The fraction of sp³-hybridized carbons (Fsp3) is 0.929. The van der Waals surface area contributed by atoms with Gasteiger partial charge in [-0.3, -0.25) is 14.6 Å². The Bertz CT molecular complexity index is 242. The third kappa shape index (κ3) is 4.94. The van der Waals surface area contributed by atoms with Gasteiger partial charge in [0.1, 0.15) is 0 Å². The normalized spacial score (nSPS) is 20.6. The van der Waals surface area contributed by atoms with Crippen LogP contribution in [-0.2, 0) is 9.53 Å². The first-order valence-electron chi connectivity index (χ1n) is 7.33. The second-order valence-electron chi connectivity index (χ2n) is 4.97. The highest BCUT2D eigenvalue weighted by molar-refractivity contribution is 5.71. The van der Waals surface area contributed by atoms with E-state index in [1.807, 2.05) is 0 Å². The van der Waals surface area contributed by atoms with Crippen LogP contribution < -0.4 is 0 Å². The molecule has 0 aliphatic carbocycles. The van der Waals surface area contributed by atoms with Gasteiger partial charge in [-0.2, -0.15) is 0 Å². The first kappa shape index (κ1) is 15.4. The Morgan fingerprint density at radius 2 is 2.06 bits per heavy atom. The van der Waals surface area contributed by atoms with E-state index in [0.29, 0.717) is 19.2 Å². The SMILES string of the molecule is CCCCOC(=O)CN1CCC(N(CC)CC)C1. The zero-order valence-corrected chi connectivity index (χ0v) is 12.2. The standard InChI is InChI=1S/C14H28N2O2/c1-4-7-10-18-14(17)12-15-9-8-13(11-15)16(5-2)6-3/h13H,4-12H2,1-3H3. The highest BCUT2D eigenvalue weighted by atomic mass is 16.5. The number of hydrogen-bond donors (Lipinski definition) is 0. The molecule has 0 aromatic rings. The van der Waals surface area contributed by atoms with Crippen LogP contribution in [0.25, 0.3) is 0 Å². The summed E-state index contributed by atoms with van der Waals surface area (Å²) < 4.78 is 5.20. The van der Waals surface area contributed by atoms with Gasteiger partial charge >= 0.3 is 5.97 Å². The minimum absolute atomic E-state index is 0.0661. The maximum atomic E-state index is 11.6. The van der Waals surface area contributed by atoms with Gasteiger partial charge in [-0.1, -0.05) is 27.2 Å². The molecule has 0 aromatic carbocycles. The molecule has 0 saturated carbocycles. The summed E-state index contributed by atoms with van der Waals surface area (Å²) >= 11 is 0. The van der Waals surface area contributed by atoms with Crippen molar-refractivity contribution in [3.05, 3.63) is 0 Å². The zero-order chi connectivity index (χ0) is 13.4. The number of hydrogen-bond acceptors (Lipinski definition) is 4. The molecule has 1 atom stereocenters. The van der Waals surface area contributed by atoms with Crippen LogP contribution in [0.1, 0.15) is 40.0 Å². The lowest BCUT2D eigenvalue weighted by Gasteiger charge is -2.26. The Hall–Kier alpha value is -0.610. The third-order valence-corrected chi connectivity index (χ3v) is 3.69.